The Balaban J connectivity index is 3.61. The number of aromatic hydroxyl groups is 1. The predicted molar refractivity (Wildman–Crippen MR) is 144 cm³/mol. The minimum Gasteiger partial charge on any atom is -0.508 e. The summed E-state index contributed by atoms with van der Waals surface area (Å²) < 4.78 is 5.29. The average Bonchev–Trinajstić information content (AvgIpc) is 2.73. The lowest BCUT2D eigenvalue weighted by Gasteiger charge is -2.39. The van der Waals surface area contributed by atoms with E-state index >= 15 is 0 Å². The van der Waals surface area contributed by atoms with Crippen molar-refractivity contribution in [1.82, 2.24) is 15.5 Å². The fourth-order valence-electron chi connectivity index (χ4n) is 3.85. The zero-order valence-corrected chi connectivity index (χ0v) is 24.1. The molecule has 0 aliphatic heterocycles. The summed E-state index contributed by atoms with van der Waals surface area (Å²) in [6.07, 6.45) is 0.562. The molecule has 1 rings (SSSR count). The summed E-state index contributed by atoms with van der Waals surface area (Å²) in [6.45, 7) is 17.7. The maximum atomic E-state index is 14.0. The topological polar surface area (TPSA) is 128 Å². The van der Waals surface area contributed by atoms with Crippen LogP contribution in [0.1, 0.15) is 92.3 Å². The summed E-state index contributed by atoms with van der Waals surface area (Å²) in [7, 11) is 0. The third-order valence-corrected chi connectivity index (χ3v) is 5.62. The van der Waals surface area contributed by atoms with Gasteiger partial charge in [-0.15, -0.1) is 0 Å². The van der Waals surface area contributed by atoms with Crippen molar-refractivity contribution in [2.24, 2.45) is 5.92 Å². The van der Waals surface area contributed by atoms with Gasteiger partial charge in [-0.25, -0.2) is 4.79 Å². The first-order chi connectivity index (χ1) is 16.9. The van der Waals surface area contributed by atoms with E-state index in [0.29, 0.717) is 23.5 Å². The highest BCUT2D eigenvalue weighted by Crippen LogP contribution is 2.30. The molecule has 9 heteroatoms. The smallest absolute Gasteiger partial charge is 0.408 e. The Morgan fingerprint density at radius 1 is 1.03 bits per heavy atom. The highest BCUT2D eigenvalue weighted by atomic mass is 16.6. The van der Waals surface area contributed by atoms with Crippen molar-refractivity contribution >= 4 is 17.9 Å². The highest BCUT2D eigenvalue weighted by Gasteiger charge is 2.39. The summed E-state index contributed by atoms with van der Waals surface area (Å²) in [5.41, 5.74) is -0.312. The number of aliphatic hydroxyl groups is 1. The summed E-state index contributed by atoms with van der Waals surface area (Å²) in [4.78, 5) is 41.6. The van der Waals surface area contributed by atoms with Crippen molar-refractivity contribution < 1.29 is 29.3 Å². The van der Waals surface area contributed by atoms with Gasteiger partial charge in [0.05, 0.1) is 6.61 Å². The number of phenolic OH excluding ortho intramolecular Hbond substituents is 1. The zero-order chi connectivity index (χ0) is 28.7. The van der Waals surface area contributed by atoms with Crippen LogP contribution >= 0.6 is 0 Å². The fraction of sp³-hybridized carbons (Fsp3) is 0.679. The van der Waals surface area contributed by atoms with Gasteiger partial charge in [-0.3, -0.25) is 9.59 Å². The molecule has 0 saturated carbocycles. The number of hydrogen-bond donors (Lipinski definition) is 4. The van der Waals surface area contributed by atoms with Gasteiger partial charge >= 0.3 is 6.09 Å². The molecule has 0 fully saturated rings. The number of ether oxygens (including phenoxy) is 1. The van der Waals surface area contributed by atoms with Crippen LogP contribution in [-0.2, 0) is 14.3 Å². The number of nitrogens with zero attached hydrogens (tertiary/aromatic N) is 1. The van der Waals surface area contributed by atoms with E-state index in [1.165, 1.54) is 11.0 Å². The number of nitrogens with one attached hydrogen (secondary N) is 2. The molecule has 0 aliphatic rings. The van der Waals surface area contributed by atoms with Crippen molar-refractivity contribution in [3.05, 3.63) is 29.3 Å². The first-order valence-corrected chi connectivity index (χ1v) is 12.9. The number of carbonyl (C=O) groups is 3. The Kier molecular flexibility index (Phi) is 11.4. The van der Waals surface area contributed by atoms with Crippen LogP contribution in [-0.4, -0.2) is 62.9 Å². The predicted octanol–water partition coefficient (Wildman–Crippen LogP) is 4.20. The van der Waals surface area contributed by atoms with E-state index in [2.05, 4.69) is 24.5 Å². The Morgan fingerprint density at radius 3 is 2.08 bits per heavy atom. The lowest BCUT2D eigenvalue weighted by molar-refractivity contribution is -0.146. The minimum atomic E-state index is -1.32. The van der Waals surface area contributed by atoms with Crippen LogP contribution in [0.5, 0.6) is 5.75 Å². The van der Waals surface area contributed by atoms with Gasteiger partial charge in [-0.05, 0) is 97.4 Å². The molecule has 37 heavy (non-hydrogen) atoms. The zero-order valence-electron chi connectivity index (χ0n) is 24.1. The molecule has 1 aromatic carbocycles. The number of hydrogen-bond acceptors (Lipinski definition) is 6. The van der Waals surface area contributed by atoms with Gasteiger partial charge in [0.25, 0.3) is 0 Å². The molecule has 0 heterocycles. The van der Waals surface area contributed by atoms with Gasteiger partial charge in [0.15, 0.2) is 0 Å². The van der Waals surface area contributed by atoms with Crippen LogP contribution in [0, 0.1) is 12.8 Å². The van der Waals surface area contributed by atoms with Crippen molar-refractivity contribution in [1.29, 1.82) is 0 Å². The molecule has 0 aromatic heterocycles. The molecule has 0 saturated heterocycles. The lowest BCUT2D eigenvalue weighted by atomic mass is 9.95. The van der Waals surface area contributed by atoms with E-state index in [1.807, 2.05) is 27.7 Å². The molecule has 1 aromatic rings. The summed E-state index contributed by atoms with van der Waals surface area (Å²) in [6, 6.07) is 1.98. The number of aryl methyl sites for hydroxylation is 1. The van der Waals surface area contributed by atoms with Crippen LogP contribution in [0.3, 0.4) is 0 Å². The standard InChI is InChI=1S/C28H47N3O6/c1-17(2)11-12-19(4)31(25(35)21(16-32)29-26(36)37-28(8,9)10)23(24(34)30-27(5,6)7)20-13-14-22(33)18(3)15-20/h13-15,17,19,21,23,32-33H,11-12,16H2,1-10H3,(H,29,36)(H,30,34). The van der Waals surface area contributed by atoms with Crippen molar-refractivity contribution in [2.45, 2.75) is 111 Å². The van der Waals surface area contributed by atoms with E-state index in [1.54, 1.807) is 39.8 Å². The number of benzene rings is 1. The summed E-state index contributed by atoms with van der Waals surface area (Å²) in [5.74, 6) is -0.573. The third kappa shape index (κ3) is 10.6. The van der Waals surface area contributed by atoms with Crippen LogP contribution in [0.25, 0.3) is 0 Å². The quantitative estimate of drug-likeness (QED) is 0.365. The number of amides is 3. The molecule has 3 amide bonds. The Hall–Kier alpha value is -2.81. The second kappa shape index (κ2) is 13.1. The molecule has 9 nitrogen and oxygen atoms in total. The molecule has 0 bridgehead atoms. The molecule has 3 atom stereocenters. The Labute approximate surface area is 222 Å². The van der Waals surface area contributed by atoms with Crippen molar-refractivity contribution in [3.63, 3.8) is 0 Å². The van der Waals surface area contributed by atoms with Crippen molar-refractivity contribution in [3.8, 4) is 5.75 Å². The normalized spacial score (nSPS) is 14.5. The number of carbonyl (C=O) groups excluding carboxylic acids is 3. The Morgan fingerprint density at radius 2 is 1.62 bits per heavy atom. The molecule has 0 spiro atoms. The number of rotatable bonds is 10. The SMILES string of the molecule is Cc1cc(C(C(=O)NC(C)(C)C)N(C(=O)C(CO)NC(=O)OC(C)(C)C)C(C)CCC(C)C)ccc1O. The highest BCUT2D eigenvalue weighted by molar-refractivity contribution is 5.92. The molecular formula is C28H47N3O6. The van der Waals surface area contributed by atoms with E-state index in [0.717, 1.165) is 6.42 Å². The first kappa shape index (κ1) is 32.2. The van der Waals surface area contributed by atoms with Crippen LogP contribution in [0.4, 0.5) is 4.79 Å². The first-order valence-electron chi connectivity index (χ1n) is 12.9. The monoisotopic (exact) mass is 521 g/mol. The van der Waals surface area contributed by atoms with Gasteiger partial charge in [0.2, 0.25) is 11.8 Å². The van der Waals surface area contributed by atoms with Gasteiger partial charge in [-0.1, -0.05) is 19.9 Å². The largest absolute Gasteiger partial charge is 0.508 e. The van der Waals surface area contributed by atoms with E-state index in [-0.39, 0.29) is 5.75 Å². The van der Waals surface area contributed by atoms with Gasteiger partial charge in [0.1, 0.15) is 23.4 Å². The second-order valence-corrected chi connectivity index (χ2v) is 12.1. The number of phenols is 1. The number of aliphatic hydroxyl groups excluding tert-OH is 1. The molecule has 0 aliphatic carbocycles. The van der Waals surface area contributed by atoms with Gasteiger partial charge in [-0.2, -0.15) is 0 Å². The number of alkyl carbamates (subject to hydrolysis) is 1. The van der Waals surface area contributed by atoms with Crippen LogP contribution in [0.2, 0.25) is 0 Å². The van der Waals surface area contributed by atoms with E-state index < -0.39 is 53.8 Å². The molecule has 4 N–H and O–H groups in total. The minimum absolute atomic E-state index is 0.0734. The van der Waals surface area contributed by atoms with Gasteiger partial charge < -0.3 is 30.5 Å². The summed E-state index contributed by atoms with van der Waals surface area (Å²) in [5, 5.41) is 25.6. The van der Waals surface area contributed by atoms with E-state index in [4.69, 9.17) is 4.74 Å². The molecule has 3 unspecified atom stereocenters. The van der Waals surface area contributed by atoms with Crippen LogP contribution in [0.15, 0.2) is 18.2 Å². The fourth-order valence-corrected chi connectivity index (χ4v) is 3.85. The molecule has 0 radical (unpaired) electrons. The lowest BCUT2D eigenvalue weighted by Crippen LogP contribution is -2.57. The third-order valence-electron chi connectivity index (χ3n) is 5.62. The molecule has 210 valence electrons. The van der Waals surface area contributed by atoms with Gasteiger partial charge in [0, 0.05) is 11.6 Å². The van der Waals surface area contributed by atoms with E-state index in [9.17, 15) is 24.6 Å². The second-order valence-electron chi connectivity index (χ2n) is 12.1. The average molecular weight is 522 g/mol. The Bertz CT molecular complexity index is 933. The molecular weight excluding hydrogens is 474 g/mol. The maximum Gasteiger partial charge on any atom is 0.408 e. The summed E-state index contributed by atoms with van der Waals surface area (Å²) >= 11 is 0. The van der Waals surface area contributed by atoms with Crippen LogP contribution < -0.4 is 10.6 Å². The maximum absolute atomic E-state index is 14.0. The van der Waals surface area contributed by atoms with Crippen molar-refractivity contribution in [2.75, 3.05) is 6.61 Å².